The van der Waals surface area contributed by atoms with E-state index in [-0.39, 0.29) is 167 Å². The predicted octanol–water partition coefficient (Wildman–Crippen LogP) is 23.2. The van der Waals surface area contributed by atoms with Gasteiger partial charge in [0, 0.05) is 46.8 Å². The van der Waals surface area contributed by atoms with Crippen molar-refractivity contribution in [3.8, 4) is 0 Å². The van der Waals surface area contributed by atoms with Gasteiger partial charge in [-0.2, -0.15) is 37.9 Å². The maximum atomic E-state index is 12.6. The fourth-order valence-corrected chi connectivity index (χ4v) is 285. The highest BCUT2D eigenvalue weighted by molar-refractivity contribution is 9.27. The van der Waals surface area contributed by atoms with E-state index in [2.05, 4.69) is 209 Å². The second-order valence-electron chi connectivity index (χ2n) is 20.6. The van der Waals surface area contributed by atoms with Crippen LogP contribution in [-0.4, -0.2) is 148 Å². The number of thiol groups is 3. The quantitative estimate of drug-likeness (QED) is 0.00809. The zero-order chi connectivity index (χ0) is 73.0. The fourth-order valence-electron chi connectivity index (χ4n) is 7.14. The molecule has 49 heteroatoms. The van der Waals surface area contributed by atoms with E-state index in [0.29, 0.717) is 24.7 Å². The van der Waals surface area contributed by atoms with Crippen LogP contribution in [0.25, 0.3) is 0 Å². The van der Waals surface area contributed by atoms with E-state index >= 15 is 0 Å². The standard InChI is InChI=1S/C22H32BrNO6S2.C17H29BrO6S.C4H10O2S2.H16P14.H15P13.2H2/c1-21(2,19(25)30-14-15-31-32-17-8-4-6-10-24-17)16-22(3,23)20(26)29-13-12-28-18-9-5-7-11-27-18;1-16(2,14(19)24-10-11-25)12-17(3,18)15(20)23-9-8-22-13-6-4-5-7-21-13;5-3(1-7)4(6)2-8;1-9(2)13(10(3)4)14(11(5)6)12(7)8;1-8-12(9(2)3)13(10(4)5)11(6)7;;/h4,6,8,10,18H,5,7,9,11-16H2,1-3H3;13,25H,4-12H2,1-3H3;3-8H,1-2H2;1-8H2;8H,1-7H2;2*1H/i;;;;;1+2D;1+2. The Labute approximate surface area is 646 Å². The number of carbonyl (C=O) groups is 4. The van der Waals surface area contributed by atoms with Gasteiger partial charge in [0.1, 0.15) is 40.1 Å². The van der Waals surface area contributed by atoms with Gasteiger partial charge in [-0.3, -0.25) is 19.2 Å². The lowest BCUT2D eigenvalue weighted by Crippen LogP contribution is -2.40. The van der Waals surface area contributed by atoms with Gasteiger partial charge in [0.25, 0.3) is 0 Å². The molecule has 92 heavy (non-hydrogen) atoms. The van der Waals surface area contributed by atoms with Gasteiger partial charge in [0.15, 0.2) is 12.6 Å². The molecule has 23 unspecified atom stereocenters. The molecule has 2 aliphatic heterocycles. The molecule has 2 fully saturated rings. The first kappa shape index (κ1) is 103. The second kappa shape index (κ2) is 60.7. The summed E-state index contributed by atoms with van der Waals surface area (Å²) in [5.41, 5.74) is -1.69. The van der Waals surface area contributed by atoms with Crippen molar-refractivity contribution in [1.29, 1.82) is 0 Å². The third-order valence-electron chi connectivity index (χ3n) is 11.2. The Morgan fingerprint density at radius 1 is 0.620 bits per heavy atom. The molecular weight excluding hydrogens is 1910 g/mol. The summed E-state index contributed by atoms with van der Waals surface area (Å²) in [7, 11) is 49.7. The number of aromatic nitrogens is 1. The lowest BCUT2D eigenvalue weighted by atomic mass is 9.83. The molecule has 0 spiro atoms. The number of pyridine rings is 1. The van der Waals surface area contributed by atoms with E-state index in [1.165, 1.54) is 10.8 Å². The normalized spacial score (nSPS) is 18.0. The number of hydrogen-bond acceptors (Lipinski definition) is 20. The molecule has 23 atom stereocenters. The summed E-state index contributed by atoms with van der Waals surface area (Å²) in [6.07, 6.45) is 6.33. The van der Waals surface area contributed by atoms with Gasteiger partial charge < -0.3 is 48.1 Å². The fraction of sp³-hybridized carbons (Fsp3) is 0.791. The summed E-state index contributed by atoms with van der Waals surface area (Å²) >= 11 is 18.4. The number of aliphatic hydroxyl groups is 2. The second-order valence-corrected chi connectivity index (χ2v) is 129. The van der Waals surface area contributed by atoms with Crippen LogP contribution in [0.5, 0.6) is 0 Å². The number of aliphatic hydroxyl groups excluding tert-OH is 2. The Hall–Kier alpha value is 11.1. The molecule has 3 rings (SSSR count). The summed E-state index contributed by atoms with van der Waals surface area (Å²) < 4.78 is 51.2. The molecule has 0 aromatic carbocycles. The van der Waals surface area contributed by atoms with Gasteiger partial charge in [-0.25, -0.2) is 4.98 Å². The first-order chi connectivity index (χ1) is 43.8. The highest BCUT2D eigenvalue weighted by Crippen LogP contribution is 3.22. The number of esters is 4. The molecule has 0 radical (unpaired) electrons. The number of alkyl halides is 2. The predicted molar refractivity (Wildman–Crippen MR) is 505 cm³/mol. The van der Waals surface area contributed by atoms with Gasteiger partial charge in [-0.1, -0.05) is 56.7 Å². The van der Waals surface area contributed by atoms with Crippen LogP contribution < -0.4 is 0 Å². The first-order valence-corrected chi connectivity index (χ1v) is 80.7. The number of carbonyl (C=O) groups excluding carboxylic acids is 4. The lowest BCUT2D eigenvalue weighted by Gasteiger charge is -2.37. The van der Waals surface area contributed by atoms with E-state index in [4.69, 9.17) is 51.1 Å². The van der Waals surface area contributed by atoms with Gasteiger partial charge in [0.05, 0.1) is 36.3 Å². The molecule has 546 valence electrons. The van der Waals surface area contributed by atoms with Gasteiger partial charge in [-0.15, -0.1) is 134 Å². The molecule has 1 aromatic rings. The van der Waals surface area contributed by atoms with Crippen LogP contribution in [-0.2, 0) is 57.1 Å². The van der Waals surface area contributed by atoms with Crippen molar-refractivity contribution in [1.82, 2.24) is 4.98 Å². The summed E-state index contributed by atoms with van der Waals surface area (Å²) in [4.78, 5) is 53.7. The summed E-state index contributed by atoms with van der Waals surface area (Å²) in [6.45, 7) is 14.8. The zero-order valence-corrected chi connectivity index (χ0v) is 88.1. The minimum Gasteiger partial charge on any atom is -0.464 e. The van der Waals surface area contributed by atoms with E-state index in [1.807, 2.05) is 18.2 Å². The summed E-state index contributed by atoms with van der Waals surface area (Å²) in [5, 5.41) is 18.4. The van der Waals surface area contributed by atoms with E-state index < -0.39 is 43.6 Å². The molecule has 0 saturated carbocycles. The van der Waals surface area contributed by atoms with Gasteiger partial charge in [0.2, 0.25) is 0 Å². The lowest BCUT2D eigenvalue weighted by molar-refractivity contribution is -0.175. The van der Waals surface area contributed by atoms with Crippen molar-refractivity contribution in [2.24, 2.45) is 10.8 Å². The molecule has 0 amide bonds. The van der Waals surface area contributed by atoms with Gasteiger partial charge >= 0.3 is 23.9 Å². The van der Waals surface area contributed by atoms with Crippen LogP contribution in [0.2, 0.25) is 0 Å². The van der Waals surface area contributed by atoms with Crippen LogP contribution >= 0.6 is 310 Å². The van der Waals surface area contributed by atoms with E-state index in [9.17, 15) is 19.2 Å². The molecule has 0 bridgehead atoms. The first-order valence-electron chi connectivity index (χ1n) is 28.5. The average molecular weight is 2020 g/mol. The molecule has 1 aromatic heterocycles. The number of rotatable bonds is 36. The Kier molecular flexibility index (Phi) is 68.1. The van der Waals surface area contributed by atoms with Crippen molar-refractivity contribution in [2.45, 2.75) is 131 Å². The third-order valence-corrected chi connectivity index (χ3v) is 168. The average Bonchev–Trinajstić information content (AvgIpc) is 0.891. The number of ether oxygens (including phenoxy) is 8. The van der Waals surface area contributed by atoms with Crippen LogP contribution in [0.1, 0.15) is 97.3 Å². The van der Waals surface area contributed by atoms with E-state index in [0.717, 1.165) is 51.5 Å². The molecule has 2 saturated heterocycles. The molecule has 0 aliphatic carbocycles. The van der Waals surface area contributed by atoms with Crippen molar-refractivity contribution in [3.05, 3.63) is 24.4 Å². The molecule has 3 heterocycles. The Morgan fingerprint density at radius 2 is 1.00 bits per heavy atom. The highest BCUT2D eigenvalue weighted by atomic mass is 79.9. The van der Waals surface area contributed by atoms with Crippen molar-refractivity contribution in [2.75, 3.05) is 75.9 Å². The maximum absolute atomic E-state index is 12.6. The highest BCUT2D eigenvalue weighted by Gasteiger charge is 2.44. The topological polar surface area (TPSA) is 195 Å². The van der Waals surface area contributed by atoms with Gasteiger partial charge in [-0.05, 0) is 193 Å². The van der Waals surface area contributed by atoms with Crippen LogP contribution in [0.15, 0.2) is 29.4 Å². The van der Waals surface area contributed by atoms with Crippen molar-refractivity contribution < 1.29 is 71.7 Å². The smallest absolute Gasteiger partial charge is 0.322 e. The monoisotopic (exact) mass is 2020 g/mol. The number of hydrogen-bond donors (Lipinski definition) is 5. The Balaban J connectivity index is -0.000000582. The Morgan fingerprint density at radius 3 is 1.29 bits per heavy atom. The van der Waals surface area contributed by atoms with E-state index in [1.54, 1.807) is 58.5 Å². The minimum atomic E-state index is -1.01. The minimum absolute atomic E-state index is 0. The van der Waals surface area contributed by atoms with Crippen LogP contribution in [0.4, 0.5) is 0 Å². The van der Waals surface area contributed by atoms with Crippen molar-refractivity contribution in [3.63, 3.8) is 0 Å². The molecule has 2 N–H and O–H groups in total. The molecule has 2 aliphatic rings. The van der Waals surface area contributed by atoms with Crippen molar-refractivity contribution >= 4 is 334 Å². The number of nitrogens with zero attached hydrogens (tertiary/aromatic N) is 1. The SMILES string of the molecule is CC(C)(CC(C)(Br)C(=O)OCCOC1CCCCO1)C(=O)OCCS.CC(C)(CC(C)(Br)C(=O)OCCOC1CCCCO1)C(=O)OCCSSc1ccccn1.OC(CS)C(O)CS.PP(P)P(P(P)P)P(P(P)P)P(P)P.PPP(P(P)P)P(P(P)P)P(P)P.[2H][3H].[3HH]. The Bertz CT molecular complexity index is 2100. The summed E-state index contributed by atoms with van der Waals surface area (Å²) in [6, 6.07) is 5.73. The largest absolute Gasteiger partial charge is 0.464 e. The van der Waals surface area contributed by atoms with Crippen LogP contribution in [0.3, 0.4) is 0 Å². The third kappa shape index (κ3) is 49.5. The molecule has 15 nitrogen and oxygen atoms in total. The number of halogens is 2. The summed E-state index contributed by atoms with van der Waals surface area (Å²) in [5.74, 6) is 0.0740. The molecular formula is C43H106Br2NO14P27S5. The maximum Gasteiger partial charge on any atom is 0.322 e. The zero-order valence-electron chi connectivity index (χ0n) is 54.5. The van der Waals surface area contributed by atoms with Crippen LogP contribution in [0, 0.1) is 10.8 Å².